The summed E-state index contributed by atoms with van der Waals surface area (Å²) in [6, 6.07) is 0. The van der Waals surface area contributed by atoms with Crippen LogP contribution >= 0.6 is 25.3 Å². The molecule has 0 amide bonds. The van der Waals surface area contributed by atoms with Gasteiger partial charge in [0.15, 0.2) is 0 Å². The van der Waals surface area contributed by atoms with Gasteiger partial charge in [-0.05, 0) is 11.8 Å². The summed E-state index contributed by atoms with van der Waals surface area (Å²) in [4.78, 5) is 0.818. The van der Waals surface area contributed by atoms with E-state index in [-0.39, 0.29) is 5.25 Å². The molecule has 2 heteroatoms. The molecular formula is C4H8S2. The van der Waals surface area contributed by atoms with Crippen molar-refractivity contribution in [3.05, 3.63) is 11.5 Å². The molecule has 0 fully saturated rings. The third kappa shape index (κ3) is 2.67. The Morgan fingerprint density at radius 1 is 1.83 bits per heavy atom. The first-order valence-corrected chi connectivity index (χ1v) is 2.66. The highest BCUT2D eigenvalue weighted by atomic mass is 32.1. The predicted molar refractivity (Wildman–Crippen MR) is 36.6 cm³/mol. The molecule has 0 aliphatic heterocycles. The Morgan fingerprint density at radius 3 is 2.00 bits per heavy atom. The van der Waals surface area contributed by atoms with Crippen molar-refractivity contribution in [1.29, 1.82) is 0 Å². The lowest BCUT2D eigenvalue weighted by molar-refractivity contribution is 1.25. The van der Waals surface area contributed by atoms with Gasteiger partial charge in [0, 0.05) is 5.25 Å². The minimum Gasteiger partial charge on any atom is -0.171 e. The molecule has 0 aromatic heterocycles. The quantitative estimate of drug-likeness (QED) is 0.484. The molecule has 0 bridgehead atoms. The standard InChI is InChI=1S/C4H8S2/c1-3(5)4(2)6/h4-6H,1H2,2H3. The van der Waals surface area contributed by atoms with Crippen molar-refractivity contribution in [1.82, 2.24) is 0 Å². The van der Waals surface area contributed by atoms with Crippen LogP contribution in [0, 0.1) is 0 Å². The Balaban J connectivity index is 3.26. The third-order valence-electron chi connectivity index (χ3n) is 0.482. The molecule has 0 aliphatic carbocycles. The van der Waals surface area contributed by atoms with Gasteiger partial charge in [0.25, 0.3) is 0 Å². The van der Waals surface area contributed by atoms with Gasteiger partial charge < -0.3 is 0 Å². The Hall–Kier alpha value is 0.440. The van der Waals surface area contributed by atoms with Crippen molar-refractivity contribution in [2.45, 2.75) is 12.2 Å². The largest absolute Gasteiger partial charge is 0.171 e. The van der Waals surface area contributed by atoms with E-state index in [4.69, 9.17) is 0 Å². The van der Waals surface area contributed by atoms with Gasteiger partial charge in [-0.1, -0.05) is 6.58 Å². The second-order valence-corrected chi connectivity index (χ2v) is 2.52. The summed E-state index contributed by atoms with van der Waals surface area (Å²) in [5, 5.41) is 0.216. The smallest absolute Gasteiger partial charge is 0.0290 e. The van der Waals surface area contributed by atoms with Crippen molar-refractivity contribution in [2.75, 3.05) is 0 Å². The van der Waals surface area contributed by atoms with E-state index in [0.717, 1.165) is 4.91 Å². The second kappa shape index (κ2) is 2.59. The first-order chi connectivity index (χ1) is 2.64. The fourth-order valence-electron chi connectivity index (χ4n) is 0. The van der Waals surface area contributed by atoms with Gasteiger partial charge in [0.05, 0.1) is 0 Å². The summed E-state index contributed by atoms with van der Waals surface area (Å²) in [5.74, 6) is 0. The molecule has 0 aliphatic rings. The highest BCUT2D eigenvalue weighted by molar-refractivity contribution is 7.88. The molecule has 0 aromatic carbocycles. The fourth-order valence-corrected chi connectivity index (χ4v) is 0. The Bertz CT molecular complexity index is 56.6. The highest BCUT2D eigenvalue weighted by Crippen LogP contribution is 2.07. The van der Waals surface area contributed by atoms with Gasteiger partial charge in [-0.2, -0.15) is 12.6 Å². The lowest BCUT2D eigenvalue weighted by Crippen LogP contribution is -1.85. The summed E-state index contributed by atoms with van der Waals surface area (Å²) in [7, 11) is 0. The van der Waals surface area contributed by atoms with Crippen molar-refractivity contribution < 1.29 is 0 Å². The van der Waals surface area contributed by atoms with E-state index in [2.05, 4.69) is 31.8 Å². The van der Waals surface area contributed by atoms with Gasteiger partial charge in [-0.3, -0.25) is 0 Å². The van der Waals surface area contributed by atoms with Gasteiger partial charge in [0.1, 0.15) is 0 Å². The van der Waals surface area contributed by atoms with Crippen LogP contribution in [0.4, 0.5) is 0 Å². The van der Waals surface area contributed by atoms with E-state index in [1.54, 1.807) is 0 Å². The Morgan fingerprint density at radius 2 is 2.00 bits per heavy atom. The molecule has 0 saturated heterocycles. The minimum absolute atomic E-state index is 0.216. The zero-order valence-electron chi connectivity index (χ0n) is 3.68. The fraction of sp³-hybridized carbons (Fsp3) is 0.500. The maximum Gasteiger partial charge on any atom is 0.0290 e. The molecular weight excluding hydrogens is 112 g/mol. The highest BCUT2D eigenvalue weighted by Gasteiger charge is 1.89. The van der Waals surface area contributed by atoms with Crippen LogP contribution in [0.25, 0.3) is 0 Å². The average molecular weight is 120 g/mol. The summed E-state index contributed by atoms with van der Waals surface area (Å²) in [5.41, 5.74) is 0. The summed E-state index contributed by atoms with van der Waals surface area (Å²) in [6.07, 6.45) is 0. The molecule has 6 heavy (non-hydrogen) atoms. The topological polar surface area (TPSA) is 0 Å². The SMILES string of the molecule is C=C(S)C(C)S. The van der Waals surface area contributed by atoms with Crippen LogP contribution < -0.4 is 0 Å². The molecule has 0 aromatic rings. The van der Waals surface area contributed by atoms with Crippen LogP contribution in [0.5, 0.6) is 0 Å². The molecule has 1 atom stereocenters. The lowest BCUT2D eigenvalue weighted by atomic mass is 10.5. The zero-order chi connectivity index (χ0) is 5.15. The molecule has 0 spiro atoms. The second-order valence-electron chi connectivity index (χ2n) is 1.17. The van der Waals surface area contributed by atoms with Crippen LogP contribution in [0.15, 0.2) is 11.5 Å². The normalized spacial score (nSPS) is 13.8. The van der Waals surface area contributed by atoms with Crippen molar-refractivity contribution in [2.24, 2.45) is 0 Å². The van der Waals surface area contributed by atoms with Gasteiger partial charge in [0.2, 0.25) is 0 Å². The summed E-state index contributed by atoms with van der Waals surface area (Å²) >= 11 is 7.94. The average Bonchev–Trinajstić information content (AvgIpc) is 1.36. The van der Waals surface area contributed by atoms with Crippen LogP contribution in [0.3, 0.4) is 0 Å². The molecule has 0 rings (SSSR count). The van der Waals surface area contributed by atoms with Gasteiger partial charge in [-0.25, -0.2) is 0 Å². The van der Waals surface area contributed by atoms with Crippen LogP contribution in [0.2, 0.25) is 0 Å². The van der Waals surface area contributed by atoms with Crippen LogP contribution in [-0.2, 0) is 0 Å². The van der Waals surface area contributed by atoms with E-state index in [1.165, 1.54) is 0 Å². The van der Waals surface area contributed by atoms with Crippen molar-refractivity contribution in [3.8, 4) is 0 Å². The van der Waals surface area contributed by atoms with Crippen molar-refractivity contribution in [3.63, 3.8) is 0 Å². The molecule has 1 unspecified atom stereocenters. The first kappa shape index (κ1) is 6.44. The van der Waals surface area contributed by atoms with E-state index in [0.29, 0.717) is 0 Å². The van der Waals surface area contributed by atoms with E-state index in [1.807, 2.05) is 6.92 Å². The minimum atomic E-state index is 0.216. The van der Waals surface area contributed by atoms with E-state index >= 15 is 0 Å². The van der Waals surface area contributed by atoms with Crippen LogP contribution in [0.1, 0.15) is 6.92 Å². The number of thiol groups is 2. The molecule has 0 radical (unpaired) electrons. The number of hydrogen-bond donors (Lipinski definition) is 2. The molecule has 0 saturated carbocycles. The summed E-state index contributed by atoms with van der Waals surface area (Å²) < 4.78 is 0. The summed E-state index contributed by atoms with van der Waals surface area (Å²) in [6.45, 7) is 5.47. The Labute approximate surface area is 49.5 Å². The molecule has 0 N–H and O–H groups in total. The Kier molecular flexibility index (Phi) is 2.78. The number of hydrogen-bond acceptors (Lipinski definition) is 2. The molecule has 0 heterocycles. The molecule has 0 nitrogen and oxygen atoms in total. The monoisotopic (exact) mass is 120 g/mol. The number of rotatable bonds is 1. The van der Waals surface area contributed by atoms with Crippen molar-refractivity contribution >= 4 is 25.3 Å². The molecule has 36 valence electrons. The maximum absolute atomic E-state index is 4.02. The lowest BCUT2D eigenvalue weighted by Gasteiger charge is -1.95. The van der Waals surface area contributed by atoms with Crippen LogP contribution in [-0.4, -0.2) is 5.25 Å². The van der Waals surface area contributed by atoms with E-state index < -0.39 is 0 Å². The first-order valence-electron chi connectivity index (χ1n) is 1.70. The maximum atomic E-state index is 4.02. The van der Waals surface area contributed by atoms with Gasteiger partial charge in [-0.15, -0.1) is 12.6 Å². The predicted octanol–water partition coefficient (Wildman–Crippen LogP) is 1.75. The van der Waals surface area contributed by atoms with E-state index in [9.17, 15) is 0 Å². The zero-order valence-corrected chi connectivity index (χ0v) is 5.47. The third-order valence-corrected chi connectivity index (χ3v) is 1.38. The van der Waals surface area contributed by atoms with Gasteiger partial charge >= 0.3 is 0 Å².